The summed E-state index contributed by atoms with van der Waals surface area (Å²) in [5.74, 6) is -2.77. The summed E-state index contributed by atoms with van der Waals surface area (Å²) in [6.45, 7) is 2.16. The van der Waals surface area contributed by atoms with Crippen LogP contribution >= 0.6 is 0 Å². The minimum Gasteiger partial charge on any atom is -1.00 e. The number of aliphatic carboxylic acids is 1. The minimum atomic E-state index is -4.87. The summed E-state index contributed by atoms with van der Waals surface area (Å²) in [6, 6.07) is 0. The zero-order valence-corrected chi connectivity index (χ0v) is 16.4. The van der Waals surface area contributed by atoms with Gasteiger partial charge in [0.2, 0.25) is 5.25 Å². The second kappa shape index (κ2) is 13.5. The number of Topliss-reactive ketones (excluding diaryl/α,β-unsaturated/α-hetero) is 1. The number of carbonyl (C=O) groups is 2. The molecule has 8 heteroatoms. The first kappa shape index (κ1) is 24.3. The Hall–Kier alpha value is 0.0500. The van der Waals surface area contributed by atoms with Gasteiger partial charge in [0, 0.05) is 6.42 Å². The minimum absolute atomic E-state index is 0. The van der Waals surface area contributed by atoms with Crippen molar-refractivity contribution in [3.8, 4) is 0 Å². The van der Waals surface area contributed by atoms with Crippen LogP contribution in [0.25, 0.3) is 0 Å². The first-order valence-corrected chi connectivity index (χ1v) is 9.02. The number of hydrogen-bond donors (Lipinski definition) is 2. The summed E-state index contributed by atoms with van der Waals surface area (Å²) in [7, 11) is -4.87. The molecule has 0 aliphatic rings. The van der Waals surface area contributed by atoms with Gasteiger partial charge in [0.25, 0.3) is 10.1 Å². The van der Waals surface area contributed by atoms with Gasteiger partial charge in [-0.05, 0) is 6.42 Å². The Balaban J connectivity index is -0.00000200. The number of unbranched alkanes of at least 4 members (excludes halogenated alkanes) is 8. The fraction of sp³-hybridized carbons (Fsp3) is 0.857. The van der Waals surface area contributed by atoms with E-state index in [1.807, 2.05) is 0 Å². The number of ketones is 1. The number of carbonyl (C=O) groups excluding carboxylic acids is 1. The third kappa shape index (κ3) is 11.6. The van der Waals surface area contributed by atoms with Crippen molar-refractivity contribution >= 4 is 21.9 Å². The van der Waals surface area contributed by atoms with E-state index in [1.165, 1.54) is 25.7 Å². The number of carboxylic acid groups (broad SMARTS) is 1. The van der Waals surface area contributed by atoms with E-state index in [0.29, 0.717) is 6.42 Å². The van der Waals surface area contributed by atoms with Crippen molar-refractivity contribution in [2.45, 2.75) is 76.4 Å². The van der Waals surface area contributed by atoms with Crippen molar-refractivity contribution in [1.82, 2.24) is 0 Å². The molecule has 0 heterocycles. The van der Waals surface area contributed by atoms with Gasteiger partial charge in [-0.25, -0.2) is 0 Å². The molecule has 0 amide bonds. The van der Waals surface area contributed by atoms with Crippen molar-refractivity contribution in [3.05, 3.63) is 0 Å². The van der Waals surface area contributed by atoms with E-state index in [4.69, 9.17) is 9.66 Å². The Bertz CT molecular complexity index is 427. The number of hydrogen-bond acceptors (Lipinski definition) is 4. The van der Waals surface area contributed by atoms with Crippen LogP contribution in [0.5, 0.6) is 0 Å². The number of rotatable bonds is 13. The molecule has 1 atom stereocenters. The molecule has 0 rings (SSSR count). The maximum absolute atomic E-state index is 11.5. The van der Waals surface area contributed by atoms with Crippen LogP contribution in [-0.2, 0) is 19.7 Å². The standard InChI is InChI=1S/C14H26O6S.Na.H/c1-2-3-4-5-6-7-8-9-10-11-12(15)13(14(16)17)21(18,19)20;;/h13H,2-11H2,1H3,(H,16,17)(H,18,19,20);;/q;+1;-1. The van der Waals surface area contributed by atoms with Crippen LogP contribution in [0.2, 0.25) is 0 Å². The van der Waals surface area contributed by atoms with Gasteiger partial charge in [-0.15, -0.1) is 0 Å². The normalized spacial score (nSPS) is 12.5. The average molecular weight is 346 g/mol. The third-order valence-corrected chi connectivity index (χ3v) is 4.40. The van der Waals surface area contributed by atoms with Gasteiger partial charge in [0.1, 0.15) is 0 Å². The van der Waals surface area contributed by atoms with Crippen molar-refractivity contribution < 1.29 is 58.7 Å². The Labute approximate surface area is 156 Å². The largest absolute Gasteiger partial charge is 1.00 e. The SMILES string of the molecule is CCCCCCCCCCCC(=O)C(C(=O)O)S(=O)(=O)O.[H-].[Na+]. The van der Waals surface area contributed by atoms with Crippen LogP contribution in [-0.4, -0.2) is 35.1 Å². The zero-order chi connectivity index (χ0) is 16.3. The van der Waals surface area contributed by atoms with E-state index in [-0.39, 0.29) is 37.4 Å². The summed E-state index contributed by atoms with van der Waals surface area (Å²) in [5.41, 5.74) is 0. The van der Waals surface area contributed by atoms with E-state index in [0.717, 1.165) is 25.7 Å². The van der Waals surface area contributed by atoms with Crippen molar-refractivity contribution in [3.63, 3.8) is 0 Å². The Morgan fingerprint density at radius 3 is 1.73 bits per heavy atom. The first-order valence-electron chi connectivity index (χ1n) is 7.52. The molecule has 22 heavy (non-hydrogen) atoms. The fourth-order valence-corrected chi connectivity index (χ4v) is 2.88. The monoisotopic (exact) mass is 346 g/mol. The summed E-state index contributed by atoms with van der Waals surface area (Å²) >= 11 is 0. The molecule has 0 aromatic heterocycles. The predicted molar refractivity (Wildman–Crippen MR) is 80.9 cm³/mol. The summed E-state index contributed by atoms with van der Waals surface area (Å²) in [5, 5.41) is 6.32. The number of carboxylic acids is 1. The molecule has 0 saturated heterocycles. The predicted octanol–water partition coefficient (Wildman–Crippen LogP) is -0.0661. The molecule has 0 saturated carbocycles. The molecule has 6 nitrogen and oxygen atoms in total. The van der Waals surface area contributed by atoms with E-state index in [2.05, 4.69) is 6.92 Å². The van der Waals surface area contributed by atoms with Gasteiger partial charge in [0.05, 0.1) is 0 Å². The molecule has 0 aliphatic carbocycles. The maximum atomic E-state index is 11.5. The molecule has 0 fully saturated rings. The van der Waals surface area contributed by atoms with Gasteiger partial charge in [-0.2, -0.15) is 8.42 Å². The van der Waals surface area contributed by atoms with Crippen LogP contribution in [0, 0.1) is 0 Å². The molecule has 1 unspecified atom stereocenters. The quantitative estimate of drug-likeness (QED) is 0.209. The molecule has 126 valence electrons. The maximum Gasteiger partial charge on any atom is 1.00 e. The smallest absolute Gasteiger partial charge is 1.00 e. The fourth-order valence-electron chi connectivity index (χ4n) is 2.17. The summed E-state index contributed by atoms with van der Waals surface area (Å²) < 4.78 is 30.4. The summed E-state index contributed by atoms with van der Waals surface area (Å²) in [4.78, 5) is 22.2. The average Bonchev–Trinajstić information content (AvgIpc) is 2.34. The van der Waals surface area contributed by atoms with Crippen LogP contribution < -0.4 is 29.6 Å². The van der Waals surface area contributed by atoms with E-state index < -0.39 is 27.1 Å². The molecule has 2 N–H and O–H groups in total. The van der Waals surface area contributed by atoms with E-state index >= 15 is 0 Å². The van der Waals surface area contributed by atoms with Gasteiger partial charge >= 0.3 is 35.5 Å². The van der Waals surface area contributed by atoms with Crippen LogP contribution in [0.3, 0.4) is 0 Å². The molecular weight excluding hydrogens is 319 g/mol. The molecule has 0 aromatic rings. The molecule has 0 bridgehead atoms. The summed E-state index contributed by atoms with van der Waals surface area (Å²) in [6.07, 6.45) is 9.15. The van der Waals surface area contributed by atoms with Crippen LogP contribution in [0.15, 0.2) is 0 Å². The van der Waals surface area contributed by atoms with Gasteiger partial charge in [-0.1, -0.05) is 58.3 Å². The first-order chi connectivity index (χ1) is 9.80. The van der Waals surface area contributed by atoms with E-state index in [1.54, 1.807) is 0 Å². The van der Waals surface area contributed by atoms with E-state index in [9.17, 15) is 18.0 Å². The zero-order valence-electron chi connectivity index (χ0n) is 14.6. The van der Waals surface area contributed by atoms with Gasteiger partial charge in [0.15, 0.2) is 5.78 Å². The topological polar surface area (TPSA) is 109 Å². The van der Waals surface area contributed by atoms with Crippen molar-refractivity contribution in [1.29, 1.82) is 0 Å². The Morgan fingerprint density at radius 2 is 1.36 bits per heavy atom. The molecular formula is C14H27NaO6S. The molecule has 0 radical (unpaired) electrons. The van der Waals surface area contributed by atoms with Crippen molar-refractivity contribution in [2.24, 2.45) is 0 Å². The molecule has 0 aliphatic heterocycles. The van der Waals surface area contributed by atoms with Crippen LogP contribution in [0.4, 0.5) is 0 Å². The van der Waals surface area contributed by atoms with Crippen molar-refractivity contribution in [2.75, 3.05) is 0 Å². The van der Waals surface area contributed by atoms with Crippen LogP contribution in [0.1, 0.15) is 72.6 Å². The third-order valence-electron chi connectivity index (χ3n) is 3.34. The van der Waals surface area contributed by atoms with Gasteiger partial charge < -0.3 is 6.53 Å². The second-order valence-electron chi connectivity index (χ2n) is 5.28. The molecule has 0 aromatic carbocycles. The Morgan fingerprint density at radius 1 is 0.955 bits per heavy atom. The van der Waals surface area contributed by atoms with Gasteiger partial charge in [-0.3, -0.25) is 14.1 Å². The second-order valence-corrected chi connectivity index (χ2v) is 6.78. The Kier molecular flexibility index (Phi) is 14.9. The molecule has 0 spiro atoms.